The lowest BCUT2D eigenvalue weighted by Gasteiger charge is -2.16. The molecule has 0 aliphatic rings. The van der Waals surface area contributed by atoms with Crippen molar-refractivity contribution in [2.75, 3.05) is 6.61 Å². The molecule has 0 radical (unpaired) electrons. The summed E-state index contributed by atoms with van der Waals surface area (Å²) >= 11 is 6.23. The van der Waals surface area contributed by atoms with Crippen LogP contribution in [0.15, 0.2) is 29.1 Å². The molecule has 168 valence electrons. The standard InChI is InChI=1S/C21H23ClF3N3O3/c1-4-13(5-2)16-10-12(3)28-18(16)20(30)27(8-9-29)19(26-28)15-7-6-14(11-17(15)22)31-21(23,24)25/h6-7,10-11,13,29H,4-5,8-9H2,1-3H3. The van der Waals surface area contributed by atoms with Crippen molar-refractivity contribution in [3.8, 4) is 17.1 Å². The van der Waals surface area contributed by atoms with Gasteiger partial charge in [0.15, 0.2) is 5.82 Å². The van der Waals surface area contributed by atoms with E-state index in [4.69, 9.17) is 11.6 Å². The van der Waals surface area contributed by atoms with Gasteiger partial charge in [-0.1, -0.05) is 25.4 Å². The van der Waals surface area contributed by atoms with E-state index >= 15 is 0 Å². The molecule has 1 aromatic carbocycles. The van der Waals surface area contributed by atoms with Gasteiger partial charge in [-0.25, -0.2) is 4.52 Å². The van der Waals surface area contributed by atoms with Gasteiger partial charge in [-0.05, 0) is 55.5 Å². The zero-order valence-electron chi connectivity index (χ0n) is 17.3. The highest BCUT2D eigenvalue weighted by Crippen LogP contribution is 2.33. The van der Waals surface area contributed by atoms with Gasteiger partial charge in [0.2, 0.25) is 0 Å². The Morgan fingerprint density at radius 1 is 1.23 bits per heavy atom. The van der Waals surface area contributed by atoms with Gasteiger partial charge in [-0.2, -0.15) is 0 Å². The van der Waals surface area contributed by atoms with Gasteiger partial charge >= 0.3 is 6.36 Å². The molecule has 0 saturated carbocycles. The maximum Gasteiger partial charge on any atom is 0.573 e. The van der Waals surface area contributed by atoms with Gasteiger partial charge in [-0.3, -0.25) is 9.36 Å². The number of rotatable bonds is 7. The predicted molar refractivity (Wildman–Crippen MR) is 112 cm³/mol. The molecule has 0 aliphatic carbocycles. The number of aliphatic hydroxyl groups excluding tert-OH is 1. The molecule has 0 amide bonds. The first-order chi connectivity index (χ1) is 14.6. The summed E-state index contributed by atoms with van der Waals surface area (Å²) in [7, 11) is 0. The van der Waals surface area contributed by atoms with E-state index < -0.39 is 12.1 Å². The van der Waals surface area contributed by atoms with Gasteiger partial charge in [-0.15, -0.1) is 18.3 Å². The third-order valence-electron chi connectivity index (χ3n) is 5.25. The van der Waals surface area contributed by atoms with Gasteiger partial charge in [0.1, 0.15) is 11.3 Å². The molecule has 6 nitrogen and oxygen atoms in total. The molecule has 3 rings (SSSR count). The van der Waals surface area contributed by atoms with Crippen LogP contribution < -0.4 is 10.3 Å². The predicted octanol–water partition coefficient (Wildman–Crippen LogP) is 4.92. The van der Waals surface area contributed by atoms with Crippen molar-refractivity contribution in [3.63, 3.8) is 0 Å². The SMILES string of the molecule is CCC(CC)c1cc(C)n2nc(-c3ccc(OC(F)(F)F)cc3Cl)n(CCO)c(=O)c12. The molecule has 0 bridgehead atoms. The molecule has 0 saturated heterocycles. The molecule has 1 N–H and O–H groups in total. The summed E-state index contributed by atoms with van der Waals surface area (Å²) < 4.78 is 44.2. The Kier molecular flexibility index (Phi) is 6.66. The van der Waals surface area contributed by atoms with E-state index in [-0.39, 0.29) is 41.0 Å². The Balaban J connectivity index is 2.25. The minimum atomic E-state index is -4.85. The number of hydrogen-bond donors (Lipinski definition) is 1. The highest BCUT2D eigenvalue weighted by Gasteiger charge is 2.31. The molecule has 0 aliphatic heterocycles. The van der Waals surface area contributed by atoms with Crippen molar-refractivity contribution in [1.29, 1.82) is 0 Å². The number of halogens is 4. The molecule has 0 unspecified atom stereocenters. The van der Waals surface area contributed by atoms with Crippen molar-refractivity contribution in [2.45, 2.75) is 52.4 Å². The van der Waals surface area contributed by atoms with Crippen LogP contribution >= 0.6 is 11.6 Å². The number of fused-ring (bicyclic) bond motifs is 1. The fraction of sp³-hybridized carbons (Fsp3) is 0.429. The van der Waals surface area contributed by atoms with Gasteiger partial charge in [0.25, 0.3) is 5.56 Å². The van der Waals surface area contributed by atoms with Crippen LogP contribution in [0.3, 0.4) is 0 Å². The Bertz CT molecular complexity index is 1150. The smallest absolute Gasteiger partial charge is 0.406 e. The van der Waals surface area contributed by atoms with Crippen molar-refractivity contribution >= 4 is 17.1 Å². The number of benzene rings is 1. The minimum absolute atomic E-state index is 0.0403. The minimum Gasteiger partial charge on any atom is -0.406 e. The first-order valence-corrected chi connectivity index (χ1v) is 10.3. The molecule has 10 heteroatoms. The van der Waals surface area contributed by atoms with Crippen molar-refractivity contribution < 1.29 is 23.0 Å². The highest BCUT2D eigenvalue weighted by atomic mass is 35.5. The lowest BCUT2D eigenvalue weighted by Crippen LogP contribution is -2.28. The zero-order valence-corrected chi connectivity index (χ0v) is 18.1. The fourth-order valence-corrected chi connectivity index (χ4v) is 4.04. The summed E-state index contributed by atoms with van der Waals surface area (Å²) in [6.07, 6.45) is -3.15. The molecule has 0 fully saturated rings. The highest BCUT2D eigenvalue weighted by molar-refractivity contribution is 6.33. The summed E-state index contributed by atoms with van der Waals surface area (Å²) in [6, 6.07) is 5.36. The summed E-state index contributed by atoms with van der Waals surface area (Å²) in [6.45, 7) is 5.56. The first kappa shape index (κ1) is 23.1. The van der Waals surface area contributed by atoms with Crippen LogP contribution in [-0.4, -0.2) is 32.3 Å². The Morgan fingerprint density at radius 3 is 2.45 bits per heavy atom. The number of nitrogens with zero attached hydrogens (tertiary/aromatic N) is 3. The summed E-state index contributed by atoms with van der Waals surface area (Å²) in [5, 5.41) is 14.0. The van der Waals surface area contributed by atoms with Crippen molar-refractivity contribution in [3.05, 3.63) is 50.9 Å². The van der Waals surface area contributed by atoms with E-state index in [1.807, 2.05) is 26.8 Å². The van der Waals surface area contributed by atoms with Crippen LogP contribution in [0, 0.1) is 6.92 Å². The molecule has 2 heterocycles. The molecule has 3 aromatic rings. The van der Waals surface area contributed by atoms with E-state index in [1.54, 1.807) is 0 Å². The van der Waals surface area contributed by atoms with Crippen LogP contribution in [0.5, 0.6) is 5.75 Å². The number of ether oxygens (including phenoxy) is 1. The van der Waals surface area contributed by atoms with Crippen LogP contribution in [0.1, 0.15) is 43.9 Å². The normalized spacial score (nSPS) is 12.2. The van der Waals surface area contributed by atoms with Gasteiger partial charge in [0.05, 0.1) is 18.2 Å². The Morgan fingerprint density at radius 2 is 1.90 bits per heavy atom. The lowest BCUT2D eigenvalue weighted by atomic mass is 9.95. The monoisotopic (exact) mass is 457 g/mol. The first-order valence-electron chi connectivity index (χ1n) is 9.90. The topological polar surface area (TPSA) is 68.8 Å². The second-order valence-corrected chi connectivity index (χ2v) is 7.62. The number of aromatic nitrogens is 3. The summed E-state index contributed by atoms with van der Waals surface area (Å²) in [4.78, 5) is 13.4. The average Bonchev–Trinajstić information content (AvgIpc) is 3.01. The van der Waals surface area contributed by atoms with Crippen molar-refractivity contribution in [2.24, 2.45) is 0 Å². The Hall–Kier alpha value is -2.52. The van der Waals surface area contributed by atoms with E-state index in [0.717, 1.165) is 36.2 Å². The molecule has 0 spiro atoms. The maximum absolute atomic E-state index is 13.4. The average molecular weight is 458 g/mol. The second-order valence-electron chi connectivity index (χ2n) is 7.21. The van der Waals surface area contributed by atoms with Crippen LogP contribution in [0.4, 0.5) is 13.2 Å². The van der Waals surface area contributed by atoms with Crippen LogP contribution in [0.25, 0.3) is 16.9 Å². The molecule has 2 aromatic heterocycles. The number of aliphatic hydroxyl groups is 1. The summed E-state index contributed by atoms with van der Waals surface area (Å²) in [5.41, 5.74) is 1.97. The van der Waals surface area contributed by atoms with Crippen LogP contribution in [0.2, 0.25) is 5.02 Å². The van der Waals surface area contributed by atoms with Crippen molar-refractivity contribution in [1.82, 2.24) is 14.2 Å². The second kappa shape index (κ2) is 8.92. The third-order valence-corrected chi connectivity index (χ3v) is 5.56. The largest absolute Gasteiger partial charge is 0.573 e. The molecule has 31 heavy (non-hydrogen) atoms. The number of aryl methyl sites for hydroxylation is 1. The molecule has 0 atom stereocenters. The third kappa shape index (κ3) is 4.57. The van der Waals surface area contributed by atoms with E-state index in [9.17, 15) is 23.1 Å². The van der Waals surface area contributed by atoms with Crippen LogP contribution in [-0.2, 0) is 6.54 Å². The van der Waals surface area contributed by atoms with Gasteiger partial charge in [0, 0.05) is 11.3 Å². The molecular formula is C21H23ClF3N3O3. The van der Waals surface area contributed by atoms with E-state index in [0.29, 0.717) is 5.52 Å². The quantitative estimate of drug-likeness (QED) is 0.547. The number of alkyl halides is 3. The Labute approximate surface area is 181 Å². The molecular weight excluding hydrogens is 435 g/mol. The summed E-state index contributed by atoms with van der Waals surface area (Å²) in [5.74, 6) is -0.162. The van der Waals surface area contributed by atoms with E-state index in [2.05, 4.69) is 9.84 Å². The fourth-order valence-electron chi connectivity index (χ4n) is 3.79. The zero-order chi connectivity index (χ0) is 22.9. The lowest BCUT2D eigenvalue weighted by molar-refractivity contribution is -0.274. The van der Waals surface area contributed by atoms with E-state index in [1.165, 1.54) is 15.1 Å². The maximum atomic E-state index is 13.4. The number of hydrogen-bond acceptors (Lipinski definition) is 4. The van der Waals surface area contributed by atoms with Gasteiger partial charge < -0.3 is 9.84 Å².